The molecule has 0 saturated heterocycles. The molecule has 0 saturated carbocycles. The van der Waals surface area contributed by atoms with Crippen LogP contribution in [-0.2, 0) is 16.4 Å². The minimum Gasteiger partial charge on any atom is -0.267 e. The van der Waals surface area contributed by atoms with E-state index in [0.29, 0.717) is 0 Å². The number of benzene rings is 1. The van der Waals surface area contributed by atoms with Crippen molar-refractivity contribution in [3.63, 3.8) is 0 Å². The Labute approximate surface area is 90.8 Å². The summed E-state index contributed by atoms with van der Waals surface area (Å²) in [6, 6.07) is 7.82. The van der Waals surface area contributed by atoms with Gasteiger partial charge in [0.15, 0.2) is 0 Å². The monoisotopic (exact) mass is 225 g/mol. The van der Waals surface area contributed by atoms with Crippen molar-refractivity contribution < 1.29 is 8.42 Å². The Balaban J connectivity index is 2.52. The van der Waals surface area contributed by atoms with Gasteiger partial charge in [0.05, 0.1) is 11.9 Å². The van der Waals surface area contributed by atoms with E-state index < -0.39 is 10.0 Å². The Kier molecular flexibility index (Phi) is 2.46. The van der Waals surface area contributed by atoms with E-state index in [1.54, 1.807) is 4.31 Å². The maximum atomic E-state index is 11.7. The summed E-state index contributed by atoms with van der Waals surface area (Å²) >= 11 is 0. The molecule has 1 aliphatic heterocycles. The summed E-state index contributed by atoms with van der Waals surface area (Å²) in [7, 11) is -3.14. The van der Waals surface area contributed by atoms with Crippen molar-refractivity contribution >= 4 is 15.7 Å². The second-order valence-corrected chi connectivity index (χ2v) is 5.81. The van der Waals surface area contributed by atoms with Crippen LogP contribution in [0.2, 0.25) is 0 Å². The third-order valence-electron chi connectivity index (χ3n) is 2.84. The van der Waals surface area contributed by atoms with Crippen LogP contribution < -0.4 is 4.31 Å². The van der Waals surface area contributed by atoms with Crippen LogP contribution in [0, 0.1) is 0 Å². The first-order chi connectivity index (χ1) is 7.04. The van der Waals surface area contributed by atoms with Crippen LogP contribution >= 0.6 is 0 Å². The third-order valence-corrected chi connectivity index (χ3v) is 4.05. The Hall–Kier alpha value is -1.03. The van der Waals surface area contributed by atoms with E-state index in [9.17, 15) is 8.42 Å². The first-order valence-electron chi connectivity index (χ1n) is 5.11. The lowest BCUT2D eigenvalue weighted by Gasteiger charge is -2.23. The molecule has 1 aromatic carbocycles. The maximum Gasteiger partial charge on any atom is 0.232 e. The molecule has 0 radical (unpaired) electrons. The van der Waals surface area contributed by atoms with Crippen LogP contribution in [0.5, 0.6) is 0 Å². The molecule has 0 aliphatic carbocycles. The zero-order chi connectivity index (χ0) is 11.1. The first-order valence-corrected chi connectivity index (χ1v) is 6.96. The fourth-order valence-corrected chi connectivity index (χ4v) is 3.49. The average molecular weight is 225 g/mol. The summed E-state index contributed by atoms with van der Waals surface area (Å²) in [5.74, 6) is 0. The summed E-state index contributed by atoms with van der Waals surface area (Å²) in [5, 5.41) is 0. The van der Waals surface area contributed by atoms with Gasteiger partial charge in [0.25, 0.3) is 0 Å². The highest BCUT2D eigenvalue weighted by Gasteiger charge is 2.33. The molecule has 1 aliphatic rings. The van der Waals surface area contributed by atoms with Gasteiger partial charge < -0.3 is 0 Å². The molecule has 2 rings (SSSR count). The SMILES string of the molecule is CC[C@@H]1Cc2ccccc2N1S(C)(=O)=O. The highest BCUT2D eigenvalue weighted by atomic mass is 32.2. The quantitative estimate of drug-likeness (QED) is 0.769. The zero-order valence-electron chi connectivity index (χ0n) is 8.97. The number of hydrogen-bond donors (Lipinski definition) is 0. The van der Waals surface area contributed by atoms with E-state index in [0.717, 1.165) is 24.1 Å². The zero-order valence-corrected chi connectivity index (χ0v) is 9.79. The van der Waals surface area contributed by atoms with Crippen molar-refractivity contribution in [2.24, 2.45) is 0 Å². The third kappa shape index (κ3) is 1.74. The lowest BCUT2D eigenvalue weighted by atomic mass is 10.1. The summed E-state index contributed by atoms with van der Waals surface area (Å²) in [4.78, 5) is 0. The molecule has 1 atom stereocenters. The average Bonchev–Trinajstić information content (AvgIpc) is 2.54. The number of rotatable bonds is 2. The van der Waals surface area contributed by atoms with Crippen LogP contribution in [0.15, 0.2) is 24.3 Å². The molecule has 0 bridgehead atoms. The first kappa shape index (κ1) is 10.5. The fraction of sp³-hybridized carbons (Fsp3) is 0.455. The number of sulfonamides is 1. The topological polar surface area (TPSA) is 37.4 Å². The number of anilines is 1. The van der Waals surface area contributed by atoms with Gasteiger partial charge in [0.2, 0.25) is 10.0 Å². The van der Waals surface area contributed by atoms with Crippen LogP contribution in [0.1, 0.15) is 18.9 Å². The van der Waals surface area contributed by atoms with Crippen molar-refractivity contribution in [2.45, 2.75) is 25.8 Å². The predicted octanol–water partition coefficient (Wildman–Crippen LogP) is 1.79. The van der Waals surface area contributed by atoms with E-state index >= 15 is 0 Å². The molecular formula is C11H15NO2S. The van der Waals surface area contributed by atoms with Gasteiger partial charge in [-0.15, -0.1) is 0 Å². The normalized spacial score (nSPS) is 20.4. The van der Waals surface area contributed by atoms with Gasteiger partial charge in [-0.05, 0) is 24.5 Å². The molecule has 0 spiro atoms. The van der Waals surface area contributed by atoms with E-state index in [1.165, 1.54) is 6.26 Å². The summed E-state index contributed by atoms with van der Waals surface area (Å²) < 4.78 is 24.9. The number of fused-ring (bicyclic) bond motifs is 1. The molecule has 0 N–H and O–H groups in total. The summed E-state index contributed by atoms with van der Waals surface area (Å²) in [6.07, 6.45) is 2.96. The minimum atomic E-state index is -3.14. The second-order valence-electron chi connectivity index (χ2n) is 3.95. The van der Waals surface area contributed by atoms with Crippen LogP contribution in [0.25, 0.3) is 0 Å². The minimum absolute atomic E-state index is 0.0948. The molecule has 1 heterocycles. The van der Waals surface area contributed by atoms with Crippen molar-refractivity contribution in [1.29, 1.82) is 0 Å². The van der Waals surface area contributed by atoms with Crippen LogP contribution in [0.3, 0.4) is 0 Å². The lowest BCUT2D eigenvalue weighted by molar-refractivity contribution is 0.580. The van der Waals surface area contributed by atoms with Gasteiger partial charge in [-0.2, -0.15) is 0 Å². The molecule has 3 nitrogen and oxygen atoms in total. The van der Waals surface area contributed by atoms with Gasteiger partial charge >= 0.3 is 0 Å². The Morgan fingerprint density at radius 1 is 1.40 bits per heavy atom. The Morgan fingerprint density at radius 3 is 2.67 bits per heavy atom. The maximum absolute atomic E-state index is 11.7. The molecule has 15 heavy (non-hydrogen) atoms. The van der Waals surface area contributed by atoms with Gasteiger partial charge in [-0.1, -0.05) is 25.1 Å². The highest BCUT2D eigenvalue weighted by Crippen LogP contribution is 2.34. The number of para-hydroxylation sites is 1. The van der Waals surface area contributed by atoms with E-state index in [1.807, 2.05) is 31.2 Å². The molecule has 1 aromatic rings. The smallest absolute Gasteiger partial charge is 0.232 e. The van der Waals surface area contributed by atoms with Crippen molar-refractivity contribution in [1.82, 2.24) is 0 Å². The number of hydrogen-bond acceptors (Lipinski definition) is 2. The van der Waals surface area contributed by atoms with Gasteiger partial charge in [0, 0.05) is 6.04 Å². The standard InChI is InChI=1S/C11H15NO2S/c1-3-10-8-9-6-4-5-7-11(9)12(10)15(2,13)14/h4-7,10H,3,8H2,1-2H3/t10-/m1/s1. The van der Waals surface area contributed by atoms with Crippen molar-refractivity contribution in [3.8, 4) is 0 Å². The van der Waals surface area contributed by atoms with E-state index in [-0.39, 0.29) is 6.04 Å². The van der Waals surface area contributed by atoms with Gasteiger partial charge in [0.1, 0.15) is 0 Å². The van der Waals surface area contributed by atoms with E-state index in [2.05, 4.69) is 0 Å². The summed E-state index contributed by atoms with van der Waals surface area (Å²) in [6.45, 7) is 2.02. The number of nitrogens with zero attached hydrogens (tertiary/aromatic N) is 1. The molecule has 0 aromatic heterocycles. The molecular weight excluding hydrogens is 210 g/mol. The fourth-order valence-electron chi connectivity index (χ4n) is 2.19. The molecule has 0 unspecified atom stereocenters. The second kappa shape index (κ2) is 3.52. The van der Waals surface area contributed by atoms with Crippen molar-refractivity contribution in [3.05, 3.63) is 29.8 Å². The van der Waals surface area contributed by atoms with Gasteiger partial charge in [-0.3, -0.25) is 4.31 Å². The largest absolute Gasteiger partial charge is 0.267 e. The molecule has 4 heteroatoms. The molecule has 0 amide bonds. The lowest BCUT2D eigenvalue weighted by Crippen LogP contribution is -2.36. The Bertz CT molecular complexity index is 467. The predicted molar refractivity (Wildman–Crippen MR) is 61.5 cm³/mol. The van der Waals surface area contributed by atoms with Crippen LogP contribution in [-0.4, -0.2) is 20.7 Å². The summed E-state index contributed by atoms with van der Waals surface area (Å²) in [5.41, 5.74) is 1.99. The molecule has 82 valence electrons. The van der Waals surface area contributed by atoms with E-state index in [4.69, 9.17) is 0 Å². The Morgan fingerprint density at radius 2 is 2.07 bits per heavy atom. The van der Waals surface area contributed by atoms with Crippen LogP contribution in [0.4, 0.5) is 5.69 Å². The van der Waals surface area contributed by atoms with Crippen molar-refractivity contribution in [2.75, 3.05) is 10.6 Å². The van der Waals surface area contributed by atoms with Gasteiger partial charge in [-0.25, -0.2) is 8.42 Å². The molecule has 0 fully saturated rings. The highest BCUT2D eigenvalue weighted by molar-refractivity contribution is 7.92.